The summed E-state index contributed by atoms with van der Waals surface area (Å²) in [6.45, 7) is 10.2. The second-order valence-electron chi connectivity index (χ2n) is 8.69. The maximum absolute atomic E-state index is 11.6. The second kappa shape index (κ2) is 10.6. The number of benzene rings is 1. The number of hydrogen-bond acceptors (Lipinski definition) is 3. The van der Waals surface area contributed by atoms with Crippen LogP contribution in [0, 0.1) is 12.8 Å². The van der Waals surface area contributed by atoms with E-state index in [2.05, 4.69) is 27.7 Å². The zero-order valence-electron chi connectivity index (χ0n) is 17.4. The van der Waals surface area contributed by atoms with Gasteiger partial charge in [0.1, 0.15) is 5.75 Å². The smallest absolute Gasteiger partial charge is 0.122 e. The Morgan fingerprint density at radius 1 is 1.08 bits per heavy atom. The van der Waals surface area contributed by atoms with Crippen molar-refractivity contribution in [2.45, 2.75) is 97.8 Å². The zero-order valence-corrected chi connectivity index (χ0v) is 17.4. The lowest BCUT2D eigenvalue weighted by Crippen LogP contribution is -2.32. The van der Waals surface area contributed by atoms with Gasteiger partial charge in [0.15, 0.2) is 0 Å². The van der Waals surface area contributed by atoms with E-state index >= 15 is 0 Å². The Hall–Kier alpha value is -1.51. The molecule has 0 fully saturated rings. The van der Waals surface area contributed by atoms with E-state index in [0.29, 0.717) is 18.6 Å². The first-order valence-electron chi connectivity index (χ1n) is 10.2. The molecule has 0 heterocycles. The molecule has 1 unspecified atom stereocenters. The minimum atomic E-state index is -0.959. The average molecular weight is 362 g/mol. The van der Waals surface area contributed by atoms with Gasteiger partial charge in [-0.3, -0.25) is 0 Å². The molecule has 0 aliphatic carbocycles. The van der Waals surface area contributed by atoms with Crippen LogP contribution < -0.4 is 5.11 Å². The van der Waals surface area contributed by atoms with Gasteiger partial charge in [-0.15, -0.1) is 0 Å². The Labute approximate surface area is 159 Å². The number of carboxylic acid groups (broad SMARTS) is 1. The maximum atomic E-state index is 11.6. The maximum Gasteiger partial charge on any atom is 0.122 e. The highest BCUT2D eigenvalue weighted by molar-refractivity contribution is 5.68. The Balaban J connectivity index is 2.67. The fourth-order valence-corrected chi connectivity index (χ4v) is 3.48. The van der Waals surface area contributed by atoms with Crippen molar-refractivity contribution in [3.63, 3.8) is 0 Å². The van der Waals surface area contributed by atoms with Gasteiger partial charge in [0.25, 0.3) is 0 Å². The molecule has 0 aliphatic heterocycles. The molecule has 3 heteroatoms. The molecule has 0 amide bonds. The minimum Gasteiger partial charge on any atom is -0.550 e. The molecule has 1 aromatic carbocycles. The van der Waals surface area contributed by atoms with E-state index in [4.69, 9.17) is 0 Å². The number of aliphatic carboxylic acids is 1. The number of hydrogen-bond donors (Lipinski definition) is 1. The van der Waals surface area contributed by atoms with Crippen LogP contribution in [0.1, 0.15) is 95.8 Å². The van der Waals surface area contributed by atoms with Crippen molar-refractivity contribution in [3.8, 4) is 5.75 Å². The summed E-state index contributed by atoms with van der Waals surface area (Å²) in [7, 11) is 0. The summed E-state index contributed by atoms with van der Waals surface area (Å²) < 4.78 is 0. The van der Waals surface area contributed by atoms with E-state index in [9.17, 15) is 15.0 Å². The number of carboxylic acids is 1. The third-order valence-electron chi connectivity index (χ3n) is 5.14. The summed E-state index contributed by atoms with van der Waals surface area (Å²) in [6, 6.07) is 3.87. The number of rotatable bonds is 11. The third kappa shape index (κ3) is 7.39. The number of carbonyl (C=O) groups excluding carboxylic acids is 1. The molecule has 0 aromatic heterocycles. The summed E-state index contributed by atoms with van der Waals surface area (Å²) in [4.78, 5) is 11.6. The van der Waals surface area contributed by atoms with Crippen LogP contribution in [0.2, 0.25) is 0 Å². The van der Waals surface area contributed by atoms with Gasteiger partial charge < -0.3 is 15.0 Å². The molecular weight excluding hydrogens is 324 g/mol. The molecule has 0 saturated carbocycles. The highest BCUT2D eigenvalue weighted by Crippen LogP contribution is 2.34. The zero-order chi connectivity index (χ0) is 19.7. The summed E-state index contributed by atoms with van der Waals surface area (Å²) in [5, 5.41) is 21.9. The summed E-state index contributed by atoms with van der Waals surface area (Å²) >= 11 is 0. The summed E-state index contributed by atoms with van der Waals surface area (Å²) in [5.74, 6) is -1.10. The van der Waals surface area contributed by atoms with Gasteiger partial charge in [-0.2, -0.15) is 0 Å². The average Bonchev–Trinajstić information content (AvgIpc) is 2.54. The van der Waals surface area contributed by atoms with Gasteiger partial charge in [0, 0.05) is 11.9 Å². The van der Waals surface area contributed by atoms with Crippen LogP contribution in [0.5, 0.6) is 5.75 Å². The molecule has 0 spiro atoms. The molecule has 26 heavy (non-hydrogen) atoms. The van der Waals surface area contributed by atoms with Crippen LogP contribution >= 0.6 is 0 Å². The van der Waals surface area contributed by atoms with Gasteiger partial charge in [-0.05, 0) is 41.9 Å². The van der Waals surface area contributed by atoms with Gasteiger partial charge in [-0.25, -0.2) is 0 Å². The molecule has 1 N–H and O–H groups in total. The molecule has 1 rings (SSSR count). The van der Waals surface area contributed by atoms with Crippen molar-refractivity contribution in [1.82, 2.24) is 0 Å². The summed E-state index contributed by atoms with van der Waals surface area (Å²) in [5.41, 5.74) is 2.48. The van der Waals surface area contributed by atoms with Crippen molar-refractivity contribution in [3.05, 3.63) is 28.8 Å². The SMILES string of the molecule is CCCCCCCCCC(Cc1cc(C)c(O)c(C(C)(C)C)c1)C(=O)[O-]. The van der Waals surface area contributed by atoms with Gasteiger partial charge in [0.05, 0.1) is 0 Å². The first kappa shape index (κ1) is 22.5. The Morgan fingerprint density at radius 3 is 2.19 bits per heavy atom. The van der Waals surface area contributed by atoms with Crippen LogP contribution in [0.15, 0.2) is 12.1 Å². The highest BCUT2D eigenvalue weighted by atomic mass is 16.4. The van der Waals surface area contributed by atoms with E-state index < -0.39 is 11.9 Å². The largest absolute Gasteiger partial charge is 0.550 e. The second-order valence-corrected chi connectivity index (χ2v) is 8.69. The van der Waals surface area contributed by atoms with Crippen molar-refractivity contribution in [2.24, 2.45) is 5.92 Å². The number of aryl methyl sites for hydroxylation is 1. The van der Waals surface area contributed by atoms with Crippen LogP contribution in [-0.4, -0.2) is 11.1 Å². The fraction of sp³-hybridized carbons (Fsp3) is 0.696. The van der Waals surface area contributed by atoms with E-state index in [1.165, 1.54) is 32.1 Å². The normalized spacial score (nSPS) is 13.0. The van der Waals surface area contributed by atoms with E-state index in [1.54, 1.807) is 0 Å². The molecule has 0 aliphatic rings. The van der Waals surface area contributed by atoms with Crippen LogP contribution in [-0.2, 0) is 16.6 Å². The highest BCUT2D eigenvalue weighted by Gasteiger charge is 2.21. The fourth-order valence-electron chi connectivity index (χ4n) is 3.48. The lowest BCUT2D eigenvalue weighted by molar-refractivity contribution is -0.311. The third-order valence-corrected chi connectivity index (χ3v) is 5.14. The quantitative estimate of drug-likeness (QED) is 0.561. The monoisotopic (exact) mass is 361 g/mol. The number of unbranched alkanes of at least 4 members (excludes halogenated alkanes) is 6. The van der Waals surface area contributed by atoms with Crippen LogP contribution in [0.25, 0.3) is 0 Å². The van der Waals surface area contributed by atoms with Gasteiger partial charge in [0.2, 0.25) is 0 Å². The Kier molecular flexibility index (Phi) is 9.18. The lowest BCUT2D eigenvalue weighted by Gasteiger charge is -2.24. The molecule has 0 bridgehead atoms. The standard InChI is InChI=1S/C23H38O3/c1-6-7-8-9-10-11-12-13-19(22(25)26)15-18-14-17(2)21(24)20(16-18)23(3,4)5/h14,16,19,24H,6-13,15H2,1-5H3,(H,25,26)/p-1. The summed E-state index contributed by atoms with van der Waals surface area (Å²) in [6.07, 6.45) is 9.42. The van der Waals surface area contributed by atoms with Crippen molar-refractivity contribution >= 4 is 5.97 Å². The first-order chi connectivity index (χ1) is 12.2. The van der Waals surface area contributed by atoms with Gasteiger partial charge in [-0.1, -0.05) is 84.8 Å². The van der Waals surface area contributed by atoms with E-state index in [1.807, 2.05) is 19.1 Å². The molecule has 0 saturated heterocycles. The van der Waals surface area contributed by atoms with Crippen LogP contribution in [0.4, 0.5) is 0 Å². The molecule has 3 nitrogen and oxygen atoms in total. The molecular formula is C23H37O3-. The van der Waals surface area contributed by atoms with Crippen LogP contribution in [0.3, 0.4) is 0 Å². The van der Waals surface area contributed by atoms with Crippen molar-refractivity contribution in [2.75, 3.05) is 0 Å². The molecule has 1 atom stereocenters. The predicted octanol–water partition coefficient (Wildman–Crippen LogP) is 5.05. The Bertz CT molecular complexity index is 570. The Morgan fingerprint density at radius 2 is 1.65 bits per heavy atom. The molecule has 0 radical (unpaired) electrons. The molecule has 148 valence electrons. The van der Waals surface area contributed by atoms with Crippen molar-refractivity contribution in [1.29, 1.82) is 0 Å². The topological polar surface area (TPSA) is 60.4 Å². The lowest BCUT2D eigenvalue weighted by atomic mass is 9.82. The van der Waals surface area contributed by atoms with Crippen molar-refractivity contribution < 1.29 is 15.0 Å². The van der Waals surface area contributed by atoms with Gasteiger partial charge >= 0.3 is 0 Å². The predicted molar refractivity (Wildman–Crippen MR) is 106 cm³/mol. The van der Waals surface area contributed by atoms with E-state index in [0.717, 1.165) is 29.5 Å². The number of phenolic OH excluding ortho intramolecular Hbond substituents is 1. The minimum absolute atomic E-state index is 0.180. The first-order valence-corrected chi connectivity index (χ1v) is 10.2. The number of carbonyl (C=O) groups is 1. The molecule has 1 aromatic rings. The number of phenols is 1. The van der Waals surface area contributed by atoms with E-state index in [-0.39, 0.29) is 5.41 Å². The number of aromatic hydroxyl groups is 1.